The molecule has 2 bridgehead atoms. The summed E-state index contributed by atoms with van der Waals surface area (Å²) >= 11 is 0. The Kier molecular flexibility index (Phi) is 7.36. The normalized spacial score (nSPS) is 34.4. The number of ether oxygens (including phenoxy) is 2. The quantitative estimate of drug-likeness (QED) is 0.498. The van der Waals surface area contributed by atoms with E-state index in [1.165, 1.54) is 18.4 Å². The highest BCUT2D eigenvalue weighted by molar-refractivity contribution is 5.67. The lowest BCUT2D eigenvalue weighted by Crippen LogP contribution is -2.57. The molecular formula is C21H37NO3. The van der Waals surface area contributed by atoms with Crippen molar-refractivity contribution in [3.05, 3.63) is 11.6 Å². The van der Waals surface area contributed by atoms with Crippen molar-refractivity contribution in [3.63, 3.8) is 0 Å². The highest BCUT2D eigenvalue weighted by atomic mass is 16.6. The Labute approximate surface area is 153 Å². The van der Waals surface area contributed by atoms with Gasteiger partial charge in [-0.25, -0.2) is 4.79 Å². The number of unbranched alkanes of at least 4 members (excludes halogenated alkanes) is 2. The number of allylic oxidation sites excluding steroid dienone is 1. The third kappa shape index (κ3) is 4.39. The van der Waals surface area contributed by atoms with Crippen LogP contribution in [0.2, 0.25) is 0 Å². The predicted molar refractivity (Wildman–Crippen MR) is 102 cm³/mol. The first kappa shape index (κ1) is 20.3. The van der Waals surface area contributed by atoms with Crippen molar-refractivity contribution in [2.75, 3.05) is 19.8 Å². The molecule has 1 heterocycles. The molecule has 4 nitrogen and oxygen atoms in total. The van der Waals surface area contributed by atoms with Crippen LogP contribution < -0.4 is 5.32 Å². The second-order valence-electron chi connectivity index (χ2n) is 8.10. The van der Waals surface area contributed by atoms with Gasteiger partial charge >= 0.3 is 6.09 Å². The Hall–Kier alpha value is -1.03. The molecule has 1 aliphatic heterocycles. The van der Waals surface area contributed by atoms with Gasteiger partial charge in [0, 0.05) is 17.9 Å². The van der Waals surface area contributed by atoms with Gasteiger partial charge in [-0.05, 0) is 31.6 Å². The van der Waals surface area contributed by atoms with Gasteiger partial charge in [-0.2, -0.15) is 0 Å². The molecule has 0 spiro atoms. The number of fused-ring (bicyclic) bond motifs is 2. The second kappa shape index (κ2) is 9.07. The smallest absolute Gasteiger partial charge is 0.407 e. The van der Waals surface area contributed by atoms with Crippen LogP contribution in [0.25, 0.3) is 0 Å². The van der Waals surface area contributed by atoms with Gasteiger partial charge in [-0.1, -0.05) is 58.6 Å². The van der Waals surface area contributed by atoms with Crippen molar-refractivity contribution in [1.29, 1.82) is 0 Å². The van der Waals surface area contributed by atoms with E-state index in [0.29, 0.717) is 43.6 Å². The van der Waals surface area contributed by atoms with Crippen molar-refractivity contribution in [1.82, 2.24) is 5.32 Å². The van der Waals surface area contributed by atoms with Gasteiger partial charge in [0.1, 0.15) is 6.61 Å². The Morgan fingerprint density at radius 1 is 1.32 bits per heavy atom. The molecule has 144 valence electrons. The number of carbonyl (C=O) groups is 1. The maximum Gasteiger partial charge on any atom is 0.407 e. The molecule has 25 heavy (non-hydrogen) atoms. The first-order valence-corrected chi connectivity index (χ1v) is 10.2. The number of hydrogen-bond donors (Lipinski definition) is 1. The molecule has 0 saturated carbocycles. The Morgan fingerprint density at radius 3 is 2.72 bits per heavy atom. The molecule has 1 fully saturated rings. The fraction of sp³-hybridized carbons (Fsp3) is 0.857. The van der Waals surface area contributed by atoms with Crippen LogP contribution in [0, 0.1) is 23.2 Å². The average Bonchev–Trinajstić information content (AvgIpc) is 2.58. The molecule has 1 aliphatic carbocycles. The SMILES string of the molecule is CCCCNC(=O)OC[C@]12CO[C@H](CCCC)[C@@H](C(C)=C[C@H]1C)[C@H]2C. The summed E-state index contributed by atoms with van der Waals surface area (Å²) in [4.78, 5) is 12.0. The van der Waals surface area contributed by atoms with Gasteiger partial charge < -0.3 is 14.8 Å². The number of hydrogen-bond acceptors (Lipinski definition) is 3. The average molecular weight is 352 g/mol. The van der Waals surface area contributed by atoms with E-state index in [-0.39, 0.29) is 11.5 Å². The van der Waals surface area contributed by atoms with E-state index in [1.807, 2.05) is 0 Å². The zero-order valence-corrected chi connectivity index (χ0v) is 16.8. The third-order valence-electron chi connectivity index (χ3n) is 6.47. The van der Waals surface area contributed by atoms with Gasteiger partial charge in [0.15, 0.2) is 0 Å². The lowest BCUT2D eigenvalue weighted by atomic mass is 9.56. The van der Waals surface area contributed by atoms with E-state index in [0.717, 1.165) is 19.3 Å². The monoisotopic (exact) mass is 351 g/mol. The molecular weight excluding hydrogens is 314 g/mol. The minimum atomic E-state index is -0.293. The molecule has 0 aromatic rings. The molecule has 1 N–H and O–H groups in total. The lowest BCUT2D eigenvalue weighted by molar-refractivity contribution is -0.165. The fourth-order valence-corrected chi connectivity index (χ4v) is 4.67. The Bertz CT molecular complexity index is 476. The lowest BCUT2D eigenvalue weighted by Gasteiger charge is -2.55. The van der Waals surface area contributed by atoms with Crippen LogP contribution in [0.1, 0.15) is 66.7 Å². The minimum absolute atomic E-state index is 0.102. The summed E-state index contributed by atoms with van der Waals surface area (Å²) in [6.07, 6.45) is 8.00. The van der Waals surface area contributed by atoms with Crippen molar-refractivity contribution < 1.29 is 14.3 Å². The summed E-state index contributed by atoms with van der Waals surface area (Å²) < 4.78 is 12.0. The number of rotatable bonds is 8. The molecule has 5 atom stereocenters. The van der Waals surface area contributed by atoms with Gasteiger partial charge in [0.2, 0.25) is 0 Å². The molecule has 2 rings (SSSR count). The van der Waals surface area contributed by atoms with E-state index < -0.39 is 0 Å². The maximum atomic E-state index is 12.0. The molecule has 0 aromatic carbocycles. The van der Waals surface area contributed by atoms with Crippen LogP contribution in [0.3, 0.4) is 0 Å². The highest BCUT2D eigenvalue weighted by Crippen LogP contribution is 2.53. The highest BCUT2D eigenvalue weighted by Gasteiger charge is 2.53. The van der Waals surface area contributed by atoms with E-state index in [9.17, 15) is 4.79 Å². The molecule has 1 saturated heterocycles. The molecule has 0 radical (unpaired) electrons. The summed E-state index contributed by atoms with van der Waals surface area (Å²) in [5, 5.41) is 2.85. The second-order valence-corrected chi connectivity index (χ2v) is 8.10. The van der Waals surface area contributed by atoms with Crippen molar-refractivity contribution in [3.8, 4) is 0 Å². The number of alkyl carbamates (subject to hydrolysis) is 1. The van der Waals surface area contributed by atoms with E-state index in [4.69, 9.17) is 9.47 Å². The summed E-state index contributed by atoms with van der Waals surface area (Å²) in [5.41, 5.74) is 1.35. The Morgan fingerprint density at radius 2 is 2.04 bits per heavy atom. The minimum Gasteiger partial charge on any atom is -0.449 e. The molecule has 0 unspecified atom stereocenters. The largest absolute Gasteiger partial charge is 0.449 e. The van der Waals surface area contributed by atoms with Gasteiger partial charge in [0.25, 0.3) is 0 Å². The third-order valence-corrected chi connectivity index (χ3v) is 6.47. The standard InChI is InChI=1S/C21H37NO3/c1-6-8-10-18-19-15(3)12-16(4)21(13-24-18,17(19)5)14-25-20(23)22-11-9-7-2/h12,16-19H,6-11,13-14H2,1-5H3,(H,22,23)/t16-,17-,18-,19+,21-/m1/s1. The predicted octanol–water partition coefficient (Wildman–Crippen LogP) is 4.94. The molecule has 4 heteroatoms. The van der Waals surface area contributed by atoms with Gasteiger partial charge in [-0.3, -0.25) is 0 Å². The Balaban J connectivity index is 2.05. The topological polar surface area (TPSA) is 47.6 Å². The van der Waals surface area contributed by atoms with Gasteiger partial charge in [0.05, 0.1) is 12.7 Å². The maximum absolute atomic E-state index is 12.0. The van der Waals surface area contributed by atoms with Crippen LogP contribution in [-0.2, 0) is 9.47 Å². The molecule has 1 amide bonds. The van der Waals surface area contributed by atoms with Crippen LogP contribution in [0.5, 0.6) is 0 Å². The molecule has 0 aromatic heterocycles. The number of carbonyl (C=O) groups excluding carboxylic acids is 1. The fourth-order valence-electron chi connectivity index (χ4n) is 4.67. The zero-order valence-electron chi connectivity index (χ0n) is 16.8. The molecule has 2 aliphatic rings. The van der Waals surface area contributed by atoms with Crippen LogP contribution in [0.15, 0.2) is 11.6 Å². The summed E-state index contributed by atoms with van der Waals surface area (Å²) in [6.45, 7) is 13.0. The van der Waals surface area contributed by atoms with E-state index >= 15 is 0 Å². The van der Waals surface area contributed by atoms with Crippen molar-refractivity contribution in [2.45, 2.75) is 72.8 Å². The first-order valence-electron chi connectivity index (χ1n) is 10.2. The van der Waals surface area contributed by atoms with E-state index in [2.05, 4.69) is 46.0 Å². The summed E-state index contributed by atoms with van der Waals surface area (Å²) in [5.74, 6) is 1.27. The summed E-state index contributed by atoms with van der Waals surface area (Å²) in [6, 6.07) is 0. The van der Waals surface area contributed by atoms with E-state index in [1.54, 1.807) is 0 Å². The first-order chi connectivity index (χ1) is 12.0. The number of amides is 1. The number of nitrogens with one attached hydrogen (secondary N) is 1. The van der Waals surface area contributed by atoms with Crippen molar-refractivity contribution in [2.24, 2.45) is 23.2 Å². The van der Waals surface area contributed by atoms with Gasteiger partial charge in [-0.15, -0.1) is 0 Å². The van der Waals surface area contributed by atoms with Crippen LogP contribution in [-0.4, -0.2) is 32.0 Å². The summed E-state index contributed by atoms with van der Waals surface area (Å²) in [7, 11) is 0. The van der Waals surface area contributed by atoms with Crippen LogP contribution in [0.4, 0.5) is 4.79 Å². The van der Waals surface area contributed by atoms with Crippen LogP contribution >= 0.6 is 0 Å². The zero-order chi connectivity index (χ0) is 18.4. The van der Waals surface area contributed by atoms with Crippen molar-refractivity contribution >= 4 is 6.09 Å².